The van der Waals surface area contributed by atoms with E-state index in [1.165, 1.54) is 13.3 Å². The smallest absolute Gasteiger partial charge is 0.330 e. The Bertz CT molecular complexity index is 466. The number of quaternary nitrogens is 1. The lowest BCUT2D eigenvalue weighted by molar-refractivity contribution is -0.870. The number of rotatable bonds is 25. The van der Waals surface area contributed by atoms with E-state index in [0.29, 0.717) is 39.6 Å². The molecule has 0 aliphatic carbocycles. The summed E-state index contributed by atoms with van der Waals surface area (Å²) in [6.07, 6.45) is 6.01. The Balaban J connectivity index is 3.64. The van der Waals surface area contributed by atoms with Crippen molar-refractivity contribution in [2.24, 2.45) is 0 Å². The highest BCUT2D eigenvalue weighted by Crippen LogP contribution is 2.32. The molecule has 0 saturated heterocycles. The third kappa shape index (κ3) is 26.2. The van der Waals surface area contributed by atoms with E-state index < -0.39 is 20.7 Å². The van der Waals surface area contributed by atoms with Gasteiger partial charge in [-0.15, -0.1) is 0 Å². The van der Waals surface area contributed by atoms with Crippen LogP contribution in [-0.2, 0) is 37.5 Å². The molecule has 204 valence electrons. The van der Waals surface area contributed by atoms with Crippen LogP contribution >= 0.6 is 8.60 Å². The number of esters is 1. The van der Waals surface area contributed by atoms with Gasteiger partial charge in [-0.2, -0.15) is 0 Å². The fraction of sp³-hybridized carbons (Fsp3) is 0.957. The second-order valence-electron chi connectivity index (χ2n) is 9.03. The Morgan fingerprint density at radius 2 is 1.32 bits per heavy atom. The predicted octanol–water partition coefficient (Wildman–Crippen LogP) is 2.91. The zero-order valence-corrected chi connectivity index (χ0v) is 22.9. The first-order chi connectivity index (χ1) is 16.2. The molecular weight excluding hydrogens is 465 g/mol. The molecule has 0 fully saturated rings. The van der Waals surface area contributed by atoms with E-state index in [1.54, 1.807) is 7.11 Å². The molecular formula is C23H49NO9P+. The molecule has 0 aromatic heterocycles. The maximum atomic E-state index is 11.3. The van der Waals surface area contributed by atoms with Crippen LogP contribution in [0.25, 0.3) is 0 Å². The van der Waals surface area contributed by atoms with E-state index in [1.807, 2.05) is 21.1 Å². The van der Waals surface area contributed by atoms with Gasteiger partial charge in [0.1, 0.15) is 19.3 Å². The summed E-state index contributed by atoms with van der Waals surface area (Å²) in [6.45, 7) is 6.57. The fourth-order valence-corrected chi connectivity index (χ4v) is 3.33. The Morgan fingerprint density at radius 3 is 1.91 bits per heavy atom. The van der Waals surface area contributed by atoms with Crippen LogP contribution in [0.3, 0.4) is 0 Å². The summed E-state index contributed by atoms with van der Waals surface area (Å²) in [5.41, 5.74) is 0. The highest BCUT2D eigenvalue weighted by atomic mass is 31.2. The van der Waals surface area contributed by atoms with E-state index in [4.69, 9.17) is 32.7 Å². The molecule has 0 spiro atoms. The number of nitrogens with zero attached hydrogens (tertiary/aromatic N) is 1. The van der Waals surface area contributed by atoms with Crippen LogP contribution < -0.4 is 0 Å². The summed E-state index contributed by atoms with van der Waals surface area (Å²) >= 11 is 0. The molecule has 1 N–H and O–H groups in total. The molecule has 0 radical (unpaired) electrons. The first kappa shape index (κ1) is 33.6. The number of methoxy groups -OCH3 is 1. The van der Waals surface area contributed by atoms with Crippen molar-refractivity contribution in [3.8, 4) is 0 Å². The van der Waals surface area contributed by atoms with E-state index in [0.717, 1.165) is 49.7 Å². The predicted molar refractivity (Wildman–Crippen MR) is 132 cm³/mol. The van der Waals surface area contributed by atoms with E-state index in [2.05, 4.69) is 0 Å². The van der Waals surface area contributed by atoms with E-state index >= 15 is 0 Å². The molecule has 0 bridgehead atoms. The second-order valence-corrected chi connectivity index (χ2v) is 10.0. The molecule has 10 nitrogen and oxygen atoms in total. The molecule has 2 atom stereocenters. The number of carbonyl (C=O) groups is 1. The second kappa shape index (κ2) is 23.0. The first-order valence-electron chi connectivity index (χ1n) is 12.2. The van der Waals surface area contributed by atoms with Gasteiger partial charge in [-0.25, -0.2) is 0 Å². The third-order valence-corrected chi connectivity index (χ3v) is 5.38. The van der Waals surface area contributed by atoms with Crippen molar-refractivity contribution < 1.29 is 46.9 Å². The van der Waals surface area contributed by atoms with Crippen molar-refractivity contribution in [1.29, 1.82) is 0 Å². The Kier molecular flexibility index (Phi) is 22.7. The summed E-state index contributed by atoms with van der Waals surface area (Å²) in [6, 6.07) is 0. The van der Waals surface area contributed by atoms with Gasteiger partial charge in [-0.3, -0.25) is 4.79 Å². The van der Waals surface area contributed by atoms with Crippen LogP contribution in [-0.4, -0.2) is 116 Å². The largest absolute Gasteiger partial charge is 0.458 e. The highest BCUT2D eigenvalue weighted by Gasteiger charge is 2.18. The average molecular weight is 515 g/mol. The van der Waals surface area contributed by atoms with Gasteiger partial charge in [-0.05, 0) is 12.8 Å². The molecule has 0 aliphatic rings. The van der Waals surface area contributed by atoms with Crippen molar-refractivity contribution in [3.63, 3.8) is 0 Å². The van der Waals surface area contributed by atoms with E-state index in [-0.39, 0.29) is 13.2 Å². The quantitative estimate of drug-likeness (QED) is 0.0853. The fourth-order valence-electron chi connectivity index (χ4n) is 2.72. The number of hydrogen-bond donors (Lipinski definition) is 1. The number of hydrogen-bond acceptors (Lipinski definition) is 9. The zero-order valence-electron chi connectivity index (χ0n) is 22.0. The zero-order chi connectivity index (χ0) is 25.5. The van der Waals surface area contributed by atoms with Gasteiger partial charge < -0.3 is 42.1 Å². The molecule has 0 amide bonds. The van der Waals surface area contributed by atoms with Crippen molar-refractivity contribution in [1.82, 2.24) is 0 Å². The molecule has 0 heterocycles. The lowest BCUT2D eigenvalue weighted by Crippen LogP contribution is -2.37. The number of carbonyl (C=O) groups excluding carboxylic acids is 1. The third-order valence-electron chi connectivity index (χ3n) is 4.60. The average Bonchev–Trinajstić information content (AvgIpc) is 2.75. The summed E-state index contributed by atoms with van der Waals surface area (Å²) in [4.78, 5) is 21.2. The van der Waals surface area contributed by atoms with Crippen LogP contribution in [0.5, 0.6) is 0 Å². The Morgan fingerprint density at radius 1 is 0.765 bits per heavy atom. The molecule has 2 unspecified atom stereocenters. The lowest BCUT2D eigenvalue weighted by Gasteiger charge is -2.24. The van der Waals surface area contributed by atoms with Crippen LogP contribution in [0, 0.1) is 0 Å². The minimum absolute atomic E-state index is 0.0352. The number of unbranched alkanes of at least 4 members (excludes halogenated alkanes) is 5. The standard InChI is InChI=1S/C23H49NO9P/c1-22(25)33-23(21-32-34(26)31-15-12-24(2,3)4)20-30-14-11-9-7-6-8-10-13-28-18-19-29-17-16-27-5/h23,26H,6-21H2,1-5H3/q+1. The van der Waals surface area contributed by atoms with Gasteiger partial charge in [-0.1, -0.05) is 25.7 Å². The molecule has 0 aromatic rings. The maximum Gasteiger partial charge on any atom is 0.330 e. The van der Waals surface area contributed by atoms with Crippen LogP contribution in [0.2, 0.25) is 0 Å². The van der Waals surface area contributed by atoms with Crippen molar-refractivity contribution in [3.05, 3.63) is 0 Å². The minimum atomic E-state index is -2.01. The van der Waals surface area contributed by atoms with E-state index in [9.17, 15) is 9.69 Å². The summed E-state index contributed by atoms with van der Waals surface area (Å²) in [7, 11) is 5.77. The van der Waals surface area contributed by atoms with Crippen LogP contribution in [0.1, 0.15) is 45.4 Å². The summed E-state index contributed by atoms with van der Waals surface area (Å²) in [5.74, 6) is -0.409. The summed E-state index contributed by atoms with van der Waals surface area (Å²) in [5, 5.41) is 0. The van der Waals surface area contributed by atoms with Crippen molar-refractivity contribution >= 4 is 14.6 Å². The van der Waals surface area contributed by atoms with Gasteiger partial charge in [0.05, 0.1) is 60.8 Å². The monoisotopic (exact) mass is 514 g/mol. The molecule has 34 heavy (non-hydrogen) atoms. The van der Waals surface area contributed by atoms with Crippen molar-refractivity contribution in [2.75, 3.05) is 94.3 Å². The lowest BCUT2D eigenvalue weighted by atomic mass is 10.1. The SMILES string of the molecule is COCCOCCOCCCCCCCCOCC(COP(O)OCC[N+](C)(C)C)OC(C)=O. The number of ether oxygens (including phenoxy) is 5. The molecule has 0 rings (SSSR count). The maximum absolute atomic E-state index is 11.3. The first-order valence-corrected chi connectivity index (χ1v) is 13.3. The normalized spacial score (nSPS) is 13.7. The molecule has 0 aromatic carbocycles. The van der Waals surface area contributed by atoms with Crippen LogP contribution in [0.4, 0.5) is 0 Å². The van der Waals surface area contributed by atoms with Gasteiger partial charge in [0, 0.05) is 27.2 Å². The van der Waals surface area contributed by atoms with Gasteiger partial charge in [0.2, 0.25) is 0 Å². The Hall–Kier alpha value is -0.420. The van der Waals surface area contributed by atoms with Gasteiger partial charge in [0.25, 0.3) is 0 Å². The highest BCUT2D eigenvalue weighted by molar-refractivity contribution is 7.40. The van der Waals surface area contributed by atoms with Crippen LogP contribution in [0.15, 0.2) is 0 Å². The molecule has 0 aliphatic heterocycles. The summed E-state index contributed by atoms with van der Waals surface area (Å²) < 4.78 is 38.0. The molecule has 11 heteroatoms. The molecule has 0 saturated carbocycles. The topological polar surface area (TPSA) is 102 Å². The Labute approximate surface area is 207 Å². The minimum Gasteiger partial charge on any atom is -0.458 e. The van der Waals surface area contributed by atoms with Crippen molar-refractivity contribution in [2.45, 2.75) is 51.6 Å². The van der Waals surface area contributed by atoms with Gasteiger partial charge in [0.15, 0.2) is 0 Å². The van der Waals surface area contributed by atoms with Gasteiger partial charge >= 0.3 is 14.6 Å². The number of likely N-dealkylation sites (N-methyl/N-ethyl adjacent to an activating group) is 1.